The van der Waals surface area contributed by atoms with Crippen molar-refractivity contribution < 1.29 is 47.3 Å². The predicted molar refractivity (Wildman–Crippen MR) is 135 cm³/mol. The first-order valence-corrected chi connectivity index (χ1v) is 13.0. The number of esters is 4. The van der Waals surface area contributed by atoms with Gasteiger partial charge in [-0.2, -0.15) is 5.26 Å². The molecule has 2 aliphatic heterocycles. The normalized spacial score (nSPS) is 26.4. The van der Waals surface area contributed by atoms with Crippen LogP contribution in [0.25, 0.3) is 0 Å². The molecule has 3 heterocycles. The summed E-state index contributed by atoms with van der Waals surface area (Å²) < 4.78 is 33.3. The van der Waals surface area contributed by atoms with E-state index in [2.05, 4.69) is 11.4 Å². The topological polar surface area (TPSA) is 163 Å². The molecule has 1 aromatic heterocycles. The highest BCUT2D eigenvalue weighted by Crippen LogP contribution is 2.42. The van der Waals surface area contributed by atoms with Crippen LogP contribution in [0.5, 0.6) is 0 Å². The van der Waals surface area contributed by atoms with Crippen LogP contribution in [0.1, 0.15) is 52.7 Å². The average Bonchev–Trinajstić information content (AvgIpc) is 3.40. The van der Waals surface area contributed by atoms with Gasteiger partial charge in [-0.05, 0) is 24.6 Å². The van der Waals surface area contributed by atoms with Crippen LogP contribution in [0.4, 0.5) is 0 Å². The molecule has 1 N–H and O–H groups in total. The summed E-state index contributed by atoms with van der Waals surface area (Å²) in [4.78, 5) is 47.7. The maximum atomic E-state index is 12.1. The van der Waals surface area contributed by atoms with Crippen LogP contribution in [0.15, 0.2) is 45.2 Å². The number of nitriles is 1. The Morgan fingerprint density at radius 2 is 1.64 bits per heavy atom. The SMILES string of the molecule is CCC1=CC(c2ccco2)C(C#N)=C(S[C@@H]2O[C@H](COC(C)=O)[C@@H](OC(C)=O)[C@H](OC(C)=O)[C@H]2OC(C)=O)N1. The van der Waals surface area contributed by atoms with Crippen molar-refractivity contribution in [1.29, 1.82) is 5.26 Å². The van der Waals surface area contributed by atoms with Crippen LogP contribution in [-0.4, -0.2) is 60.3 Å². The Kier molecular flexibility index (Phi) is 10.2. The van der Waals surface area contributed by atoms with Gasteiger partial charge in [-0.1, -0.05) is 18.7 Å². The molecule has 0 saturated carbocycles. The molecule has 1 fully saturated rings. The van der Waals surface area contributed by atoms with Gasteiger partial charge in [0.05, 0.1) is 28.9 Å². The monoisotopic (exact) mass is 562 g/mol. The lowest BCUT2D eigenvalue weighted by Crippen LogP contribution is -2.61. The third-order valence-electron chi connectivity index (χ3n) is 5.73. The molecule has 12 nitrogen and oxygen atoms in total. The summed E-state index contributed by atoms with van der Waals surface area (Å²) in [6.07, 6.45) is -0.924. The standard InChI is InChI=1S/C26H30N2O10S/c1-6-17-10-18(20-8-7-9-33-20)19(11-27)25(28-17)39-26-24(37-16(5)32)23(36-15(4)31)22(35-14(3)30)21(38-26)12-34-13(2)29/h7-10,18,21-24,26,28H,6,12H2,1-5H3/t18?,21-,22-,23+,24-,26+/m1/s1. The van der Waals surface area contributed by atoms with Gasteiger partial charge in [-0.15, -0.1) is 0 Å². The van der Waals surface area contributed by atoms with E-state index in [9.17, 15) is 24.4 Å². The molecular weight excluding hydrogens is 532 g/mol. The number of allylic oxidation sites excluding steroid dienone is 3. The van der Waals surface area contributed by atoms with E-state index in [1.807, 2.05) is 13.0 Å². The second-order valence-electron chi connectivity index (χ2n) is 8.70. The van der Waals surface area contributed by atoms with E-state index >= 15 is 0 Å². The number of nitrogens with zero attached hydrogens (tertiary/aromatic N) is 1. The van der Waals surface area contributed by atoms with Gasteiger partial charge in [0.1, 0.15) is 18.5 Å². The summed E-state index contributed by atoms with van der Waals surface area (Å²) in [5.41, 5.74) is 0.0495. The second kappa shape index (κ2) is 13.3. The Morgan fingerprint density at radius 1 is 1.00 bits per heavy atom. The van der Waals surface area contributed by atoms with Crippen LogP contribution in [-0.2, 0) is 42.9 Å². The molecule has 0 radical (unpaired) electrons. The Labute approximate surface area is 229 Å². The number of ether oxygens (including phenoxy) is 5. The third-order valence-corrected chi connectivity index (χ3v) is 6.90. The van der Waals surface area contributed by atoms with E-state index < -0.39 is 59.6 Å². The van der Waals surface area contributed by atoms with Crippen molar-refractivity contribution in [3.63, 3.8) is 0 Å². The van der Waals surface area contributed by atoms with E-state index in [1.165, 1.54) is 20.1 Å². The van der Waals surface area contributed by atoms with Crippen LogP contribution in [0, 0.1) is 11.3 Å². The summed E-state index contributed by atoms with van der Waals surface area (Å²) >= 11 is 1.03. The molecule has 1 unspecified atom stereocenters. The Balaban J connectivity index is 2.07. The Bertz CT molecular complexity index is 1190. The van der Waals surface area contributed by atoms with Crippen LogP contribution in [0.2, 0.25) is 0 Å². The third kappa shape index (κ3) is 7.64. The van der Waals surface area contributed by atoms with Gasteiger partial charge in [0, 0.05) is 33.4 Å². The molecule has 2 aliphatic rings. The van der Waals surface area contributed by atoms with E-state index in [-0.39, 0.29) is 6.61 Å². The maximum Gasteiger partial charge on any atom is 0.303 e. The molecule has 39 heavy (non-hydrogen) atoms. The smallest absolute Gasteiger partial charge is 0.303 e. The molecule has 0 spiro atoms. The lowest BCUT2D eigenvalue weighted by molar-refractivity contribution is -0.237. The summed E-state index contributed by atoms with van der Waals surface area (Å²) in [6.45, 7) is 6.26. The molecular formula is C26H30N2O10S. The van der Waals surface area contributed by atoms with Gasteiger partial charge in [-0.3, -0.25) is 19.2 Å². The highest BCUT2D eigenvalue weighted by Gasteiger charge is 2.53. The van der Waals surface area contributed by atoms with Gasteiger partial charge < -0.3 is 33.4 Å². The highest BCUT2D eigenvalue weighted by atomic mass is 32.2. The van der Waals surface area contributed by atoms with Crippen LogP contribution < -0.4 is 5.32 Å². The van der Waals surface area contributed by atoms with Crippen molar-refractivity contribution in [2.24, 2.45) is 0 Å². The molecule has 1 saturated heterocycles. The van der Waals surface area contributed by atoms with E-state index in [0.29, 0.717) is 22.8 Å². The number of nitrogens with one attached hydrogen (secondary N) is 1. The molecule has 0 aliphatic carbocycles. The molecule has 1 aromatic rings. The zero-order valence-electron chi connectivity index (χ0n) is 22.1. The first-order valence-electron chi connectivity index (χ1n) is 12.2. The second-order valence-corrected chi connectivity index (χ2v) is 9.81. The zero-order valence-corrected chi connectivity index (χ0v) is 22.9. The number of rotatable bonds is 9. The summed E-state index contributed by atoms with van der Waals surface area (Å²) in [5, 5.41) is 13.7. The van der Waals surface area contributed by atoms with Gasteiger partial charge in [0.25, 0.3) is 0 Å². The largest absolute Gasteiger partial charge is 0.468 e. The lowest BCUT2D eigenvalue weighted by Gasteiger charge is -2.44. The average molecular weight is 563 g/mol. The fourth-order valence-electron chi connectivity index (χ4n) is 4.19. The molecule has 0 amide bonds. The van der Waals surface area contributed by atoms with Crippen LogP contribution in [0.3, 0.4) is 0 Å². The summed E-state index contributed by atoms with van der Waals surface area (Å²) in [6, 6.07) is 5.69. The van der Waals surface area contributed by atoms with E-state index in [0.717, 1.165) is 31.3 Å². The molecule has 3 rings (SSSR count). The zero-order chi connectivity index (χ0) is 28.7. The number of hydrogen-bond acceptors (Lipinski definition) is 13. The minimum absolute atomic E-state index is 0.319. The highest BCUT2D eigenvalue weighted by molar-refractivity contribution is 8.03. The number of furan rings is 1. The molecule has 0 bridgehead atoms. The van der Waals surface area contributed by atoms with E-state index in [1.54, 1.807) is 12.1 Å². The quantitative estimate of drug-likeness (QED) is 0.345. The molecule has 210 valence electrons. The van der Waals surface area contributed by atoms with Crippen molar-refractivity contribution in [2.75, 3.05) is 6.61 Å². The van der Waals surface area contributed by atoms with Gasteiger partial charge in [0.15, 0.2) is 23.7 Å². The Hall–Kier alpha value is -3.76. The number of thioether (sulfide) groups is 1. The fourth-order valence-corrected chi connectivity index (χ4v) is 5.46. The fraction of sp³-hybridized carbons (Fsp3) is 0.500. The van der Waals surface area contributed by atoms with E-state index in [4.69, 9.17) is 28.1 Å². The minimum Gasteiger partial charge on any atom is -0.468 e. The summed E-state index contributed by atoms with van der Waals surface area (Å²) in [5.74, 6) is -2.71. The number of carbonyl (C=O) groups is 4. The molecule has 6 atom stereocenters. The number of carbonyl (C=O) groups excluding carboxylic acids is 4. The molecule has 13 heteroatoms. The predicted octanol–water partition coefficient (Wildman–Crippen LogP) is 2.81. The number of dihydropyridines is 1. The lowest BCUT2D eigenvalue weighted by atomic mass is 9.94. The van der Waals surface area contributed by atoms with Gasteiger partial charge in [0.2, 0.25) is 0 Å². The minimum atomic E-state index is -1.31. The number of hydrogen-bond donors (Lipinski definition) is 1. The van der Waals surface area contributed by atoms with Gasteiger partial charge in [-0.25, -0.2) is 0 Å². The van der Waals surface area contributed by atoms with Crippen molar-refractivity contribution in [3.8, 4) is 6.07 Å². The van der Waals surface area contributed by atoms with Crippen molar-refractivity contribution in [2.45, 2.75) is 76.8 Å². The molecule has 0 aromatic carbocycles. The first-order chi connectivity index (χ1) is 18.5. The Morgan fingerprint density at radius 3 is 2.18 bits per heavy atom. The van der Waals surface area contributed by atoms with Gasteiger partial charge >= 0.3 is 23.9 Å². The van der Waals surface area contributed by atoms with Crippen molar-refractivity contribution >= 4 is 35.6 Å². The van der Waals surface area contributed by atoms with Crippen molar-refractivity contribution in [1.82, 2.24) is 5.32 Å². The summed E-state index contributed by atoms with van der Waals surface area (Å²) in [7, 11) is 0. The maximum absolute atomic E-state index is 12.1. The first kappa shape index (κ1) is 29.8. The van der Waals surface area contributed by atoms with Crippen molar-refractivity contribution in [3.05, 3.63) is 46.5 Å². The van der Waals surface area contributed by atoms with Crippen LogP contribution >= 0.6 is 11.8 Å².